The molecule has 2 amide bonds. The fourth-order valence-electron chi connectivity index (χ4n) is 4.55. The van der Waals surface area contributed by atoms with E-state index in [0.717, 1.165) is 34.9 Å². The number of anilines is 1. The van der Waals surface area contributed by atoms with E-state index in [-0.39, 0.29) is 23.1 Å². The highest BCUT2D eigenvalue weighted by molar-refractivity contribution is 7.15. The molecule has 0 bridgehead atoms. The van der Waals surface area contributed by atoms with Gasteiger partial charge in [-0.3, -0.25) is 19.9 Å². The number of rotatable bonds is 5. The molecule has 3 aromatic heterocycles. The van der Waals surface area contributed by atoms with Gasteiger partial charge in [-0.05, 0) is 56.2 Å². The van der Waals surface area contributed by atoms with Gasteiger partial charge in [-0.15, -0.1) is 10.2 Å². The second-order valence-electron chi connectivity index (χ2n) is 10.6. The van der Waals surface area contributed by atoms with Gasteiger partial charge < -0.3 is 9.47 Å². The molecule has 1 aliphatic rings. The van der Waals surface area contributed by atoms with Crippen molar-refractivity contribution in [2.45, 2.75) is 51.9 Å². The van der Waals surface area contributed by atoms with E-state index in [1.807, 2.05) is 59.0 Å². The predicted octanol–water partition coefficient (Wildman–Crippen LogP) is 5.00. The monoisotopic (exact) mass is 529 g/mol. The third-order valence-electron chi connectivity index (χ3n) is 6.68. The van der Waals surface area contributed by atoms with Crippen LogP contribution >= 0.6 is 11.3 Å². The average molecular weight is 530 g/mol. The van der Waals surface area contributed by atoms with E-state index < -0.39 is 0 Å². The number of piperidine rings is 1. The van der Waals surface area contributed by atoms with Crippen molar-refractivity contribution in [1.29, 1.82) is 0 Å². The lowest BCUT2D eigenvalue weighted by molar-refractivity contribution is 0.0711. The van der Waals surface area contributed by atoms with Crippen LogP contribution in [0.3, 0.4) is 0 Å². The molecular weight excluding hydrogens is 498 g/mol. The zero-order chi connectivity index (χ0) is 26.9. The number of aryl methyl sites for hydroxylation is 1. The summed E-state index contributed by atoms with van der Waals surface area (Å²) in [5.74, 6) is -0.134. The topological polar surface area (TPSA) is 106 Å². The van der Waals surface area contributed by atoms with E-state index >= 15 is 0 Å². The molecule has 0 saturated carbocycles. The summed E-state index contributed by atoms with van der Waals surface area (Å²) in [5.41, 5.74) is 3.66. The number of nitrogens with zero attached hydrogens (tertiary/aromatic N) is 6. The number of benzene rings is 1. The van der Waals surface area contributed by atoms with Crippen LogP contribution in [0.4, 0.5) is 5.13 Å². The Hall–Kier alpha value is -3.92. The molecule has 10 heteroatoms. The minimum Gasteiger partial charge on any atom is -0.339 e. The third-order valence-corrected chi connectivity index (χ3v) is 7.95. The summed E-state index contributed by atoms with van der Waals surface area (Å²) >= 11 is 1.39. The highest BCUT2D eigenvalue weighted by Crippen LogP contribution is 2.32. The molecule has 5 rings (SSSR count). The molecule has 9 nitrogen and oxygen atoms in total. The van der Waals surface area contributed by atoms with Gasteiger partial charge in [0.1, 0.15) is 5.01 Å². The summed E-state index contributed by atoms with van der Waals surface area (Å²) in [6.07, 6.45) is 6.80. The lowest BCUT2D eigenvalue weighted by Gasteiger charge is -2.32. The van der Waals surface area contributed by atoms with Crippen molar-refractivity contribution in [2.75, 3.05) is 18.4 Å². The Balaban J connectivity index is 1.26. The summed E-state index contributed by atoms with van der Waals surface area (Å²) in [7, 11) is 0. The standard InChI is InChI=1S/C28H31N7O2S/c1-18-5-10-22(24(36)31-27-33-32-26(38-27)28(2,3)4)23(30-18)19-11-14-34(15-12-19)25(37)20-6-8-21(9-7-20)35-16-13-29-17-35/h5-10,13,16-17,19H,11-12,14-15H2,1-4H3,(H,31,33,36). The summed E-state index contributed by atoms with van der Waals surface area (Å²) in [6, 6.07) is 11.2. The second-order valence-corrected chi connectivity index (χ2v) is 11.6. The van der Waals surface area contributed by atoms with Crippen LogP contribution in [0.5, 0.6) is 0 Å². The number of imidazole rings is 1. The van der Waals surface area contributed by atoms with Gasteiger partial charge in [0.25, 0.3) is 11.8 Å². The van der Waals surface area contributed by atoms with Gasteiger partial charge in [-0.25, -0.2) is 4.98 Å². The molecule has 1 aliphatic heterocycles. The van der Waals surface area contributed by atoms with Crippen LogP contribution in [0, 0.1) is 6.92 Å². The van der Waals surface area contributed by atoms with E-state index in [2.05, 4.69) is 41.3 Å². The van der Waals surface area contributed by atoms with E-state index in [1.165, 1.54) is 11.3 Å². The smallest absolute Gasteiger partial charge is 0.259 e. The molecule has 1 N–H and O–H groups in total. The first kappa shape index (κ1) is 25.7. The molecule has 0 spiro atoms. The molecule has 0 unspecified atom stereocenters. The number of hydrogen-bond donors (Lipinski definition) is 1. The van der Waals surface area contributed by atoms with Gasteiger partial charge in [-0.1, -0.05) is 32.1 Å². The minimum absolute atomic E-state index is 0.0155. The van der Waals surface area contributed by atoms with Gasteiger partial charge >= 0.3 is 0 Å². The quantitative estimate of drug-likeness (QED) is 0.390. The average Bonchev–Trinajstić information content (AvgIpc) is 3.61. The first-order chi connectivity index (χ1) is 18.2. The Kier molecular flexibility index (Phi) is 7.07. The number of pyridine rings is 1. The molecule has 196 valence electrons. The minimum atomic E-state index is -0.236. The van der Waals surface area contributed by atoms with Crippen LogP contribution in [0.2, 0.25) is 0 Å². The van der Waals surface area contributed by atoms with Crippen molar-refractivity contribution in [3.05, 3.63) is 82.6 Å². The van der Waals surface area contributed by atoms with Crippen molar-refractivity contribution in [1.82, 2.24) is 29.6 Å². The van der Waals surface area contributed by atoms with E-state index in [4.69, 9.17) is 4.98 Å². The fourth-order valence-corrected chi connectivity index (χ4v) is 5.34. The number of nitrogens with one attached hydrogen (secondary N) is 1. The Labute approximate surface area is 226 Å². The summed E-state index contributed by atoms with van der Waals surface area (Å²) in [6.45, 7) is 9.33. The molecule has 1 aromatic carbocycles. The Morgan fingerprint density at radius 3 is 2.39 bits per heavy atom. The Morgan fingerprint density at radius 1 is 1.03 bits per heavy atom. The highest BCUT2D eigenvalue weighted by Gasteiger charge is 2.29. The van der Waals surface area contributed by atoms with E-state index in [1.54, 1.807) is 12.5 Å². The van der Waals surface area contributed by atoms with Crippen molar-refractivity contribution in [3.8, 4) is 5.69 Å². The van der Waals surface area contributed by atoms with Crippen molar-refractivity contribution >= 4 is 28.3 Å². The molecule has 38 heavy (non-hydrogen) atoms. The van der Waals surface area contributed by atoms with Crippen LogP contribution in [-0.4, -0.2) is 54.5 Å². The first-order valence-corrected chi connectivity index (χ1v) is 13.5. The second kappa shape index (κ2) is 10.4. The molecule has 1 saturated heterocycles. The van der Waals surface area contributed by atoms with Gasteiger partial charge in [0.05, 0.1) is 17.6 Å². The largest absolute Gasteiger partial charge is 0.339 e. The van der Waals surface area contributed by atoms with Gasteiger partial charge in [-0.2, -0.15) is 0 Å². The number of hydrogen-bond acceptors (Lipinski definition) is 7. The first-order valence-electron chi connectivity index (χ1n) is 12.7. The van der Waals surface area contributed by atoms with Crippen LogP contribution < -0.4 is 5.32 Å². The van der Waals surface area contributed by atoms with Gasteiger partial charge in [0.2, 0.25) is 5.13 Å². The Bertz CT molecular complexity index is 1430. The molecule has 1 fully saturated rings. The number of carbonyl (C=O) groups is 2. The number of aromatic nitrogens is 5. The lowest BCUT2D eigenvalue weighted by Crippen LogP contribution is -2.38. The van der Waals surface area contributed by atoms with Crippen molar-refractivity contribution in [3.63, 3.8) is 0 Å². The van der Waals surface area contributed by atoms with E-state index in [0.29, 0.717) is 29.3 Å². The van der Waals surface area contributed by atoms with Crippen molar-refractivity contribution in [2.24, 2.45) is 0 Å². The molecule has 4 aromatic rings. The summed E-state index contributed by atoms with van der Waals surface area (Å²) in [5, 5.41) is 12.6. The maximum absolute atomic E-state index is 13.2. The van der Waals surface area contributed by atoms with Crippen LogP contribution in [-0.2, 0) is 5.41 Å². The fraction of sp³-hybridized carbons (Fsp3) is 0.357. The summed E-state index contributed by atoms with van der Waals surface area (Å²) in [4.78, 5) is 37.1. The van der Waals surface area contributed by atoms with Crippen LogP contribution in [0.1, 0.15) is 76.6 Å². The molecule has 0 aliphatic carbocycles. The maximum atomic E-state index is 13.2. The number of amides is 2. The zero-order valence-corrected chi connectivity index (χ0v) is 22.8. The normalized spacial score (nSPS) is 14.5. The molecule has 4 heterocycles. The highest BCUT2D eigenvalue weighted by atomic mass is 32.1. The van der Waals surface area contributed by atoms with Gasteiger partial charge in [0, 0.05) is 53.8 Å². The van der Waals surface area contributed by atoms with Crippen LogP contribution in [0.25, 0.3) is 5.69 Å². The molecular formula is C28H31N7O2S. The summed E-state index contributed by atoms with van der Waals surface area (Å²) < 4.78 is 1.90. The molecule has 0 atom stereocenters. The number of likely N-dealkylation sites (tertiary alicyclic amines) is 1. The maximum Gasteiger partial charge on any atom is 0.259 e. The van der Waals surface area contributed by atoms with Crippen molar-refractivity contribution < 1.29 is 9.59 Å². The van der Waals surface area contributed by atoms with E-state index in [9.17, 15) is 9.59 Å². The predicted molar refractivity (Wildman–Crippen MR) is 147 cm³/mol. The van der Waals surface area contributed by atoms with Gasteiger partial charge in [0.15, 0.2) is 0 Å². The third kappa shape index (κ3) is 5.50. The molecule has 0 radical (unpaired) electrons. The Morgan fingerprint density at radius 2 is 1.76 bits per heavy atom. The lowest BCUT2D eigenvalue weighted by atomic mass is 9.89. The zero-order valence-electron chi connectivity index (χ0n) is 22.0. The number of carbonyl (C=O) groups excluding carboxylic acids is 2. The SMILES string of the molecule is Cc1ccc(C(=O)Nc2nnc(C(C)(C)C)s2)c(C2CCN(C(=O)c3ccc(-n4ccnc4)cc3)CC2)n1. The van der Waals surface area contributed by atoms with Crippen LogP contribution in [0.15, 0.2) is 55.1 Å².